The number of unbranched alkanes of at least 4 members (excludes halogenated alkanes) is 40. The first-order valence-electron chi connectivity index (χ1n) is 30.5. The fourth-order valence-corrected chi connectivity index (χ4v) is 9.07. The third-order valence-corrected chi connectivity index (χ3v) is 13.6. The van der Waals surface area contributed by atoms with Crippen LogP contribution in [0.5, 0.6) is 0 Å². The summed E-state index contributed by atoms with van der Waals surface area (Å²) in [5.74, 6) is -0.384. The summed E-state index contributed by atoms with van der Waals surface area (Å²) in [6.07, 6.45) is 73.1. The molecule has 5 heteroatoms. The molecule has 400 valence electrons. The molecule has 0 aromatic heterocycles. The summed E-state index contributed by atoms with van der Waals surface area (Å²) in [5, 5.41) is 0. The van der Waals surface area contributed by atoms with E-state index in [1.165, 1.54) is 250 Å². The van der Waals surface area contributed by atoms with Gasteiger partial charge >= 0.3 is 11.9 Å². The van der Waals surface area contributed by atoms with E-state index in [1.54, 1.807) is 0 Å². The van der Waals surface area contributed by atoms with Gasteiger partial charge in [-0.3, -0.25) is 9.59 Å². The summed E-state index contributed by atoms with van der Waals surface area (Å²) in [4.78, 5) is 25.6. The maximum atomic E-state index is 12.9. The van der Waals surface area contributed by atoms with Crippen molar-refractivity contribution in [3.05, 3.63) is 36.5 Å². The number of ether oxygens (including phenoxy) is 3. The lowest BCUT2D eigenvalue weighted by Crippen LogP contribution is -2.30. The van der Waals surface area contributed by atoms with Crippen LogP contribution in [0.1, 0.15) is 329 Å². The summed E-state index contributed by atoms with van der Waals surface area (Å²) in [6.45, 7) is 7.84. The van der Waals surface area contributed by atoms with Gasteiger partial charge in [-0.2, -0.15) is 0 Å². The third-order valence-electron chi connectivity index (χ3n) is 13.6. The van der Waals surface area contributed by atoms with Crippen LogP contribution >= 0.6 is 0 Å². The zero-order valence-corrected chi connectivity index (χ0v) is 46.1. The largest absolute Gasteiger partial charge is 0.462 e. The van der Waals surface area contributed by atoms with Crippen LogP contribution in [0.25, 0.3) is 0 Å². The van der Waals surface area contributed by atoms with Crippen molar-refractivity contribution in [3.63, 3.8) is 0 Å². The van der Waals surface area contributed by atoms with Crippen molar-refractivity contribution in [2.75, 3.05) is 19.8 Å². The van der Waals surface area contributed by atoms with E-state index in [1.807, 2.05) is 0 Å². The van der Waals surface area contributed by atoms with Gasteiger partial charge in [-0.15, -0.1) is 0 Å². The summed E-state index contributed by atoms with van der Waals surface area (Å²) in [6, 6.07) is 0. The molecule has 0 heterocycles. The van der Waals surface area contributed by atoms with Crippen molar-refractivity contribution >= 4 is 11.9 Å². The molecule has 0 spiro atoms. The van der Waals surface area contributed by atoms with Crippen LogP contribution in [0.15, 0.2) is 36.5 Å². The van der Waals surface area contributed by atoms with E-state index in [0.29, 0.717) is 19.4 Å². The molecule has 0 rings (SSSR count). The van der Waals surface area contributed by atoms with Crippen molar-refractivity contribution < 1.29 is 23.8 Å². The molecule has 0 aromatic rings. The van der Waals surface area contributed by atoms with Gasteiger partial charge in [-0.25, -0.2) is 0 Å². The Morgan fingerprint density at radius 1 is 0.324 bits per heavy atom. The molecule has 0 amide bonds. The van der Waals surface area contributed by atoms with Crippen LogP contribution < -0.4 is 0 Å². The molecule has 1 unspecified atom stereocenters. The average molecular weight is 956 g/mol. The lowest BCUT2D eigenvalue weighted by atomic mass is 10.0. The predicted octanol–water partition coefficient (Wildman–Crippen LogP) is 20.9. The second-order valence-electron chi connectivity index (χ2n) is 20.6. The lowest BCUT2D eigenvalue weighted by Gasteiger charge is -2.18. The molecule has 0 radical (unpaired) electrons. The van der Waals surface area contributed by atoms with Crippen molar-refractivity contribution in [3.8, 4) is 0 Å². The van der Waals surface area contributed by atoms with E-state index >= 15 is 0 Å². The maximum absolute atomic E-state index is 12.9. The van der Waals surface area contributed by atoms with Gasteiger partial charge in [-0.1, -0.05) is 276 Å². The van der Waals surface area contributed by atoms with Crippen molar-refractivity contribution in [2.45, 2.75) is 335 Å². The van der Waals surface area contributed by atoms with Gasteiger partial charge in [-0.05, 0) is 77.0 Å². The van der Waals surface area contributed by atoms with Crippen LogP contribution in [0.4, 0.5) is 0 Å². The standard InChI is InChI=1S/C63H118O5/c1-4-7-10-13-16-19-22-25-28-31-32-34-35-38-41-44-47-50-53-56-62(64)67-60-61(59-66-58-55-52-49-46-43-40-37-30-27-24-21-18-15-12-9-6-3)68-63(65)57-54-51-48-45-42-39-36-33-29-26-23-20-17-14-11-8-5-2/h18,21,25,27-28,30,61H,4-17,19-20,22-24,26,29,31-60H2,1-3H3/b21-18-,28-25-,30-27-. The van der Waals surface area contributed by atoms with Gasteiger partial charge in [0.05, 0.1) is 6.61 Å². The molecule has 0 aliphatic heterocycles. The Labute approximate surface area is 425 Å². The summed E-state index contributed by atoms with van der Waals surface area (Å²) in [5.41, 5.74) is 0. The molecular formula is C63H118O5. The fraction of sp³-hybridized carbons (Fsp3) is 0.873. The monoisotopic (exact) mass is 955 g/mol. The smallest absolute Gasteiger partial charge is 0.306 e. The fourth-order valence-electron chi connectivity index (χ4n) is 9.07. The molecule has 0 saturated carbocycles. The Morgan fingerprint density at radius 2 is 0.618 bits per heavy atom. The van der Waals surface area contributed by atoms with E-state index < -0.39 is 6.10 Å². The summed E-state index contributed by atoms with van der Waals surface area (Å²) >= 11 is 0. The summed E-state index contributed by atoms with van der Waals surface area (Å²) < 4.78 is 17.5. The number of rotatable bonds is 57. The number of esters is 2. The average Bonchev–Trinajstić information content (AvgIpc) is 3.34. The molecular weight excluding hydrogens is 837 g/mol. The lowest BCUT2D eigenvalue weighted by molar-refractivity contribution is -0.163. The summed E-state index contributed by atoms with van der Waals surface area (Å²) in [7, 11) is 0. The van der Waals surface area contributed by atoms with Gasteiger partial charge in [0.1, 0.15) is 6.61 Å². The number of hydrogen-bond acceptors (Lipinski definition) is 5. The van der Waals surface area contributed by atoms with E-state index in [-0.39, 0.29) is 25.2 Å². The minimum atomic E-state index is -0.539. The van der Waals surface area contributed by atoms with E-state index in [9.17, 15) is 9.59 Å². The third kappa shape index (κ3) is 56.7. The molecule has 0 bridgehead atoms. The van der Waals surface area contributed by atoms with Gasteiger partial charge in [0.2, 0.25) is 0 Å². The van der Waals surface area contributed by atoms with Gasteiger partial charge in [0, 0.05) is 19.4 Å². The van der Waals surface area contributed by atoms with Crippen LogP contribution in [0, 0.1) is 0 Å². The first kappa shape index (κ1) is 66.1. The molecule has 1 atom stereocenters. The molecule has 0 aromatic carbocycles. The molecule has 0 N–H and O–H groups in total. The Hall–Kier alpha value is -1.88. The van der Waals surface area contributed by atoms with Gasteiger partial charge in [0.15, 0.2) is 6.10 Å². The normalized spacial score (nSPS) is 12.3. The molecule has 0 saturated heterocycles. The Balaban J connectivity index is 4.24. The van der Waals surface area contributed by atoms with E-state index in [2.05, 4.69) is 57.2 Å². The Bertz CT molecular complexity index is 1080. The van der Waals surface area contributed by atoms with E-state index in [4.69, 9.17) is 14.2 Å². The van der Waals surface area contributed by atoms with Crippen molar-refractivity contribution in [2.24, 2.45) is 0 Å². The van der Waals surface area contributed by atoms with Gasteiger partial charge in [0.25, 0.3) is 0 Å². The highest BCUT2D eigenvalue weighted by Gasteiger charge is 2.17. The second-order valence-corrected chi connectivity index (χ2v) is 20.6. The molecule has 68 heavy (non-hydrogen) atoms. The maximum Gasteiger partial charge on any atom is 0.306 e. The van der Waals surface area contributed by atoms with Crippen molar-refractivity contribution in [1.82, 2.24) is 0 Å². The molecule has 0 fully saturated rings. The Kier molecular flexibility index (Phi) is 57.8. The van der Waals surface area contributed by atoms with Crippen LogP contribution in [-0.2, 0) is 23.8 Å². The zero-order chi connectivity index (χ0) is 49.2. The SMILES string of the molecule is CCCCC/C=C\C/C=C\CCCCCCCCOCC(COC(=O)CCCCCCCCCCC/C=C\CCCCCCCC)OC(=O)CCCCCCCCCCCCCCCCCCC. The number of carbonyl (C=O) groups is 2. The minimum Gasteiger partial charge on any atom is -0.462 e. The Morgan fingerprint density at radius 3 is 1.01 bits per heavy atom. The highest BCUT2D eigenvalue weighted by atomic mass is 16.6. The minimum absolute atomic E-state index is 0.0855. The van der Waals surface area contributed by atoms with E-state index in [0.717, 1.165) is 44.9 Å². The van der Waals surface area contributed by atoms with Crippen LogP contribution in [0.3, 0.4) is 0 Å². The number of carbonyl (C=O) groups excluding carboxylic acids is 2. The first-order valence-corrected chi connectivity index (χ1v) is 30.5. The van der Waals surface area contributed by atoms with Crippen molar-refractivity contribution in [1.29, 1.82) is 0 Å². The molecule has 0 aliphatic carbocycles. The first-order chi connectivity index (χ1) is 33.6. The highest BCUT2D eigenvalue weighted by Crippen LogP contribution is 2.17. The number of allylic oxidation sites excluding steroid dienone is 6. The molecule has 0 aliphatic rings. The highest BCUT2D eigenvalue weighted by molar-refractivity contribution is 5.70. The van der Waals surface area contributed by atoms with Crippen LogP contribution in [-0.4, -0.2) is 37.9 Å². The van der Waals surface area contributed by atoms with Crippen LogP contribution in [0.2, 0.25) is 0 Å². The second kappa shape index (κ2) is 59.4. The van der Waals surface area contributed by atoms with Gasteiger partial charge < -0.3 is 14.2 Å². The quantitative estimate of drug-likeness (QED) is 0.0345. The molecule has 5 nitrogen and oxygen atoms in total. The zero-order valence-electron chi connectivity index (χ0n) is 46.1. The topological polar surface area (TPSA) is 61.8 Å². The predicted molar refractivity (Wildman–Crippen MR) is 298 cm³/mol. The number of hydrogen-bond donors (Lipinski definition) is 0.